The van der Waals surface area contributed by atoms with Crippen LogP contribution in [-0.2, 0) is 11.8 Å². The molecule has 0 saturated heterocycles. The van der Waals surface area contributed by atoms with Gasteiger partial charge in [-0.05, 0) is 74.2 Å². The Kier molecular flexibility index (Phi) is 14.6. The molecule has 1 atom stereocenters. The minimum atomic E-state index is -0.580. The predicted octanol–water partition coefficient (Wildman–Crippen LogP) is 5.94. The summed E-state index contributed by atoms with van der Waals surface area (Å²) in [5.74, 6) is 2.99. The molecule has 0 aliphatic rings. The minimum Gasteiger partial charge on any atom is -0.493 e. The van der Waals surface area contributed by atoms with Gasteiger partial charge in [0.25, 0.3) is 0 Å². The van der Waals surface area contributed by atoms with Gasteiger partial charge in [0.05, 0.1) is 39.9 Å². The van der Waals surface area contributed by atoms with Gasteiger partial charge < -0.3 is 23.8 Å². The van der Waals surface area contributed by atoms with E-state index in [-0.39, 0.29) is 30.7 Å². The molecule has 35 heavy (non-hydrogen) atoms. The molecule has 2 rings (SSSR count). The number of likely N-dealkylation sites (N-methyl/N-ethyl adjacent to an activating group) is 1. The fraction of sp³-hybridized carbons (Fsp3) is 0.519. The molecular formula is C27H40Cl2N2O4. The molecule has 2 aromatic carbocycles. The fourth-order valence-electron chi connectivity index (χ4n) is 4.23. The van der Waals surface area contributed by atoms with Gasteiger partial charge in [0.15, 0.2) is 23.0 Å². The van der Waals surface area contributed by atoms with Crippen molar-refractivity contribution in [3.63, 3.8) is 0 Å². The lowest BCUT2D eigenvalue weighted by atomic mass is 9.69. The molecule has 0 bridgehead atoms. The van der Waals surface area contributed by atoms with E-state index in [2.05, 4.69) is 37.9 Å². The van der Waals surface area contributed by atoms with Crippen molar-refractivity contribution in [2.45, 2.75) is 38.5 Å². The van der Waals surface area contributed by atoms with Crippen molar-refractivity contribution in [3.05, 3.63) is 47.5 Å². The summed E-state index contributed by atoms with van der Waals surface area (Å²) in [7, 11) is 8.67. The number of benzene rings is 2. The standard InChI is InChI=1S/C27H38N2O4.2ClH/c1-20(2)27(19-28,22-10-12-24(31-5)26(18-22)33-7)14-8-15-29(3)16-13-21-9-11-23(30-4)25(17-21)32-6;;/h9-12,17-18,20H,8,13-16H2,1-7H3;2*1H. The Bertz CT molecular complexity index is 949. The number of hydrogen-bond acceptors (Lipinski definition) is 6. The van der Waals surface area contributed by atoms with Gasteiger partial charge in [0, 0.05) is 6.54 Å². The summed E-state index contributed by atoms with van der Waals surface area (Å²) >= 11 is 0. The van der Waals surface area contributed by atoms with Crippen LogP contribution >= 0.6 is 24.8 Å². The largest absolute Gasteiger partial charge is 0.493 e. The zero-order valence-electron chi connectivity index (χ0n) is 21.9. The Morgan fingerprint density at radius 1 is 0.829 bits per heavy atom. The maximum Gasteiger partial charge on any atom is 0.161 e. The highest BCUT2D eigenvalue weighted by molar-refractivity contribution is 5.85. The third-order valence-corrected chi connectivity index (χ3v) is 6.42. The monoisotopic (exact) mass is 526 g/mol. The summed E-state index contributed by atoms with van der Waals surface area (Å²) in [5.41, 5.74) is 1.60. The number of halogens is 2. The van der Waals surface area contributed by atoms with Gasteiger partial charge in [-0.1, -0.05) is 26.0 Å². The van der Waals surface area contributed by atoms with Gasteiger partial charge in [-0.2, -0.15) is 5.26 Å². The van der Waals surface area contributed by atoms with E-state index < -0.39 is 5.41 Å². The van der Waals surface area contributed by atoms with Crippen molar-refractivity contribution in [2.75, 3.05) is 48.6 Å². The molecule has 0 saturated carbocycles. The van der Waals surface area contributed by atoms with Crippen LogP contribution in [0.3, 0.4) is 0 Å². The number of nitriles is 1. The molecule has 196 valence electrons. The Labute approximate surface area is 223 Å². The van der Waals surface area contributed by atoms with Crippen LogP contribution in [0.25, 0.3) is 0 Å². The molecule has 0 aromatic heterocycles. The normalized spacial score (nSPS) is 12.1. The third-order valence-electron chi connectivity index (χ3n) is 6.42. The second-order valence-corrected chi connectivity index (χ2v) is 8.65. The molecule has 0 N–H and O–H groups in total. The van der Waals surface area contributed by atoms with Gasteiger partial charge in [-0.25, -0.2) is 0 Å². The van der Waals surface area contributed by atoms with E-state index in [0.717, 1.165) is 49.4 Å². The first kappa shape index (κ1) is 32.7. The molecule has 2 aromatic rings. The summed E-state index contributed by atoms with van der Waals surface area (Å²) in [5, 5.41) is 10.2. The smallest absolute Gasteiger partial charge is 0.161 e. The highest BCUT2D eigenvalue weighted by atomic mass is 35.5. The molecule has 0 fully saturated rings. The topological polar surface area (TPSA) is 64.0 Å². The average molecular weight is 528 g/mol. The van der Waals surface area contributed by atoms with E-state index >= 15 is 0 Å². The second kappa shape index (κ2) is 15.6. The van der Waals surface area contributed by atoms with Crippen LogP contribution in [0.15, 0.2) is 36.4 Å². The van der Waals surface area contributed by atoms with Gasteiger partial charge in [0.2, 0.25) is 0 Å². The molecule has 0 amide bonds. The number of nitrogens with zero attached hydrogens (tertiary/aromatic N) is 2. The Hall–Kier alpha value is -2.33. The van der Waals surface area contributed by atoms with Crippen molar-refractivity contribution in [2.24, 2.45) is 5.92 Å². The highest BCUT2D eigenvalue weighted by Gasteiger charge is 2.36. The number of ether oxygens (including phenoxy) is 4. The maximum absolute atomic E-state index is 10.2. The van der Waals surface area contributed by atoms with Gasteiger partial charge in [-0.15, -0.1) is 24.8 Å². The van der Waals surface area contributed by atoms with Crippen LogP contribution in [0, 0.1) is 17.2 Å². The Morgan fingerprint density at radius 2 is 1.37 bits per heavy atom. The first-order valence-electron chi connectivity index (χ1n) is 11.4. The van der Waals surface area contributed by atoms with Crippen LogP contribution in [-0.4, -0.2) is 53.5 Å². The van der Waals surface area contributed by atoms with E-state index in [4.69, 9.17) is 18.9 Å². The lowest BCUT2D eigenvalue weighted by Crippen LogP contribution is -2.32. The molecular weight excluding hydrogens is 487 g/mol. The molecule has 0 heterocycles. The minimum absolute atomic E-state index is 0. The van der Waals surface area contributed by atoms with Crippen LogP contribution in [0.5, 0.6) is 23.0 Å². The molecule has 8 heteroatoms. The van der Waals surface area contributed by atoms with E-state index in [1.807, 2.05) is 30.3 Å². The quantitative estimate of drug-likeness (QED) is 0.322. The van der Waals surface area contributed by atoms with Crippen molar-refractivity contribution in [1.82, 2.24) is 4.90 Å². The first-order valence-corrected chi connectivity index (χ1v) is 11.4. The Balaban J connectivity index is 0.00000578. The number of hydrogen-bond donors (Lipinski definition) is 0. The lowest BCUT2D eigenvalue weighted by Gasteiger charge is -2.32. The van der Waals surface area contributed by atoms with E-state index in [1.54, 1.807) is 28.4 Å². The van der Waals surface area contributed by atoms with Crippen molar-refractivity contribution >= 4 is 24.8 Å². The zero-order chi connectivity index (χ0) is 24.4. The van der Waals surface area contributed by atoms with Crippen molar-refractivity contribution < 1.29 is 18.9 Å². The lowest BCUT2D eigenvalue weighted by molar-refractivity contribution is 0.292. The van der Waals surface area contributed by atoms with E-state index in [0.29, 0.717) is 11.5 Å². The van der Waals surface area contributed by atoms with Gasteiger partial charge in [-0.3, -0.25) is 0 Å². The molecule has 0 aliphatic carbocycles. The van der Waals surface area contributed by atoms with E-state index in [1.165, 1.54) is 5.56 Å². The van der Waals surface area contributed by atoms with E-state index in [9.17, 15) is 5.26 Å². The van der Waals surface area contributed by atoms with Crippen LogP contribution < -0.4 is 18.9 Å². The Morgan fingerprint density at radius 3 is 1.89 bits per heavy atom. The molecule has 0 spiro atoms. The molecule has 1 unspecified atom stereocenters. The van der Waals surface area contributed by atoms with Crippen molar-refractivity contribution in [1.29, 1.82) is 5.26 Å². The highest BCUT2D eigenvalue weighted by Crippen LogP contribution is 2.40. The van der Waals surface area contributed by atoms with Crippen molar-refractivity contribution in [3.8, 4) is 29.1 Å². The van der Waals surface area contributed by atoms with Crippen LogP contribution in [0.1, 0.15) is 37.8 Å². The van der Waals surface area contributed by atoms with Crippen LogP contribution in [0.4, 0.5) is 0 Å². The third kappa shape index (κ3) is 8.10. The van der Waals surface area contributed by atoms with Crippen LogP contribution in [0.2, 0.25) is 0 Å². The predicted molar refractivity (Wildman–Crippen MR) is 146 cm³/mol. The average Bonchev–Trinajstić information content (AvgIpc) is 2.84. The number of rotatable bonds is 13. The maximum atomic E-state index is 10.2. The fourth-order valence-corrected chi connectivity index (χ4v) is 4.23. The summed E-state index contributed by atoms with van der Waals surface area (Å²) in [6.45, 7) is 6.06. The van der Waals surface area contributed by atoms with Gasteiger partial charge >= 0.3 is 0 Å². The molecule has 0 radical (unpaired) electrons. The van der Waals surface area contributed by atoms with Gasteiger partial charge in [0.1, 0.15) is 0 Å². The zero-order valence-corrected chi connectivity index (χ0v) is 23.6. The summed E-state index contributed by atoms with van der Waals surface area (Å²) in [4.78, 5) is 2.31. The number of methoxy groups -OCH3 is 4. The first-order chi connectivity index (χ1) is 15.8. The summed E-state index contributed by atoms with van der Waals surface area (Å²) in [6.07, 6.45) is 2.61. The summed E-state index contributed by atoms with van der Waals surface area (Å²) < 4.78 is 21.6. The summed E-state index contributed by atoms with van der Waals surface area (Å²) in [6, 6.07) is 14.5. The SMILES string of the molecule is COc1ccc(CCN(C)CCCC(C#N)(c2ccc(OC)c(OC)c2)C(C)C)cc1OC.Cl.Cl. The second-order valence-electron chi connectivity index (χ2n) is 8.65. The molecule has 0 aliphatic heterocycles. The molecule has 6 nitrogen and oxygen atoms in total.